The van der Waals surface area contributed by atoms with Crippen LogP contribution in [0.5, 0.6) is 0 Å². The van der Waals surface area contributed by atoms with E-state index in [9.17, 15) is 23.2 Å². The summed E-state index contributed by atoms with van der Waals surface area (Å²) in [5, 5.41) is 11.6. The average molecular weight is 297 g/mol. The number of benzene rings is 1. The number of nitrogens with zero attached hydrogens (tertiary/aromatic N) is 2. The predicted octanol–water partition coefficient (Wildman–Crippen LogP) is 2.88. The van der Waals surface area contributed by atoms with Gasteiger partial charge in [0.1, 0.15) is 0 Å². The summed E-state index contributed by atoms with van der Waals surface area (Å²) in [6.45, 7) is 0. The third kappa shape index (κ3) is 3.85. The Morgan fingerprint density at radius 3 is 2.62 bits per heavy atom. The SMILES string of the molecule is O=C(N=c1ccccn1O)Nc1cccc(C(F)(F)F)c1. The van der Waals surface area contributed by atoms with Crippen molar-refractivity contribution in [2.45, 2.75) is 6.18 Å². The lowest BCUT2D eigenvalue weighted by molar-refractivity contribution is -0.137. The highest BCUT2D eigenvalue weighted by Gasteiger charge is 2.30. The Labute approximate surface area is 116 Å². The van der Waals surface area contributed by atoms with Gasteiger partial charge < -0.3 is 10.5 Å². The van der Waals surface area contributed by atoms with Gasteiger partial charge in [-0.3, -0.25) is 0 Å². The molecule has 0 saturated carbocycles. The molecule has 0 unspecified atom stereocenters. The van der Waals surface area contributed by atoms with E-state index in [1.165, 1.54) is 30.5 Å². The number of urea groups is 1. The number of anilines is 1. The van der Waals surface area contributed by atoms with Crippen LogP contribution in [0.4, 0.5) is 23.7 Å². The van der Waals surface area contributed by atoms with Gasteiger partial charge in [-0.05, 0) is 30.3 Å². The first-order chi connectivity index (χ1) is 9.86. The molecule has 2 amide bonds. The molecule has 8 heteroatoms. The number of nitrogens with one attached hydrogen (secondary N) is 1. The summed E-state index contributed by atoms with van der Waals surface area (Å²) in [5.74, 6) is 0. The molecule has 0 aliphatic rings. The maximum absolute atomic E-state index is 12.5. The maximum atomic E-state index is 12.5. The van der Waals surface area contributed by atoms with Gasteiger partial charge in [0.15, 0.2) is 5.49 Å². The first kappa shape index (κ1) is 14.6. The largest absolute Gasteiger partial charge is 0.427 e. The van der Waals surface area contributed by atoms with Crippen LogP contribution in [0.15, 0.2) is 53.7 Å². The van der Waals surface area contributed by atoms with E-state index in [0.29, 0.717) is 4.73 Å². The van der Waals surface area contributed by atoms with Crippen molar-refractivity contribution in [1.29, 1.82) is 0 Å². The molecule has 110 valence electrons. The minimum absolute atomic E-state index is 0.0426. The predicted molar refractivity (Wildman–Crippen MR) is 67.6 cm³/mol. The average Bonchev–Trinajstić information content (AvgIpc) is 2.41. The third-order valence-electron chi connectivity index (χ3n) is 2.48. The number of carbonyl (C=O) groups is 1. The Balaban J connectivity index is 2.21. The molecule has 0 aliphatic heterocycles. The van der Waals surface area contributed by atoms with Crippen LogP contribution in [0.25, 0.3) is 0 Å². The number of halogens is 3. The van der Waals surface area contributed by atoms with Crippen molar-refractivity contribution in [2.75, 3.05) is 5.32 Å². The Bertz CT molecular complexity index is 723. The van der Waals surface area contributed by atoms with Gasteiger partial charge in [-0.2, -0.15) is 22.9 Å². The van der Waals surface area contributed by atoms with Crippen molar-refractivity contribution in [3.8, 4) is 0 Å². The molecular formula is C13H10F3N3O2. The van der Waals surface area contributed by atoms with Gasteiger partial charge in [0.05, 0.1) is 5.56 Å². The van der Waals surface area contributed by atoms with E-state index in [2.05, 4.69) is 10.3 Å². The normalized spacial score (nSPS) is 12.2. The molecule has 2 rings (SSSR count). The summed E-state index contributed by atoms with van der Waals surface area (Å²) in [6, 6.07) is 7.70. The monoisotopic (exact) mass is 297 g/mol. The quantitative estimate of drug-likeness (QED) is 0.795. The lowest BCUT2D eigenvalue weighted by Gasteiger charge is -2.08. The number of pyridine rings is 1. The number of amides is 2. The van der Waals surface area contributed by atoms with Crippen molar-refractivity contribution in [3.63, 3.8) is 0 Å². The number of alkyl halides is 3. The highest BCUT2D eigenvalue weighted by molar-refractivity contribution is 5.89. The molecular weight excluding hydrogens is 287 g/mol. The van der Waals surface area contributed by atoms with Gasteiger partial charge in [0.2, 0.25) is 0 Å². The Kier molecular flexibility index (Phi) is 3.97. The van der Waals surface area contributed by atoms with Gasteiger partial charge >= 0.3 is 12.2 Å². The van der Waals surface area contributed by atoms with Crippen LogP contribution in [0, 0.1) is 0 Å². The molecule has 0 spiro atoms. The first-order valence-electron chi connectivity index (χ1n) is 5.76. The van der Waals surface area contributed by atoms with E-state index >= 15 is 0 Å². The van der Waals surface area contributed by atoms with Crippen LogP contribution in [0.3, 0.4) is 0 Å². The second kappa shape index (κ2) is 5.70. The fraction of sp³-hybridized carbons (Fsp3) is 0.0769. The van der Waals surface area contributed by atoms with Crippen LogP contribution < -0.4 is 10.8 Å². The van der Waals surface area contributed by atoms with Crippen molar-refractivity contribution in [3.05, 3.63) is 59.7 Å². The van der Waals surface area contributed by atoms with E-state index in [1.807, 2.05) is 0 Å². The fourth-order valence-electron chi connectivity index (χ4n) is 1.54. The minimum atomic E-state index is -4.49. The zero-order valence-corrected chi connectivity index (χ0v) is 10.5. The second-order valence-corrected chi connectivity index (χ2v) is 4.02. The van der Waals surface area contributed by atoms with Gasteiger partial charge in [0.25, 0.3) is 0 Å². The Morgan fingerprint density at radius 1 is 1.19 bits per heavy atom. The molecule has 0 aliphatic carbocycles. The Hall–Kier alpha value is -2.77. The van der Waals surface area contributed by atoms with Crippen LogP contribution in [-0.2, 0) is 6.18 Å². The lowest BCUT2D eigenvalue weighted by atomic mass is 10.2. The zero-order chi connectivity index (χ0) is 15.5. The van der Waals surface area contributed by atoms with E-state index < -0.39 is 17.8 Å². The van der Waals surface area contributed by atoms with Crippen molar-refractivity contribution < 1.29 is 23.2 Å². The van der Waals surface area contributed by atoms with Crippen LogP contribution in [0.1, 0.15) is 5.56 Å². The second-order valence-electron chi connectivity index (χ2n) is 4.02. The highest BCUT2D eigenvalue weighted by Crippen LogP contribution is 2.30. The molecule has 0 bridgehead atoms. The van der Waals surface area contributed by atoms with Crippen LogP contribution in [-0.4, -0.2) is 16.0 Å². The van der Waals surface area contributed by atoms with Gasteiger partial charge in [0, 0.05) is 11.9 Å². The minimum Gasteiger partial charge on any atom is -0.427 e. The van der Waals surface area contributed by atoms with Crippen molar-refractivity contribution in [1.82, 2.24) is 4.73 Å². The van der Waals surface area contributed by atoms with Gasteiger partial charge in [-0.15, -0.1) is 0 Å². The summed E-state index contributed by atoms with van der Waals surface area (Å²) in [4.78, 5) is 15.1. The molecule has 1 aromatic carbocycles. The van der Waals surface area contributed by atoms with E-state index in [1.54, 1.807) is 6.07 Å². The molecule has 2 N–H and O–H groups in total. The molecule has 1 heterocycles. The fourth-order valence-corrected chi connectivity index (χ4v) is 1.54. The topological polar surface area (TPSA) is 66.6 Å². The zero-order valence-electron chi connectivity index (χ0n) is 10.5. The number of rotatable bonds is 1. The summed E-state index contributed by atoms with van der Waals surface area (Å²) >= 11 is 0. The number of carbonyl (C=O) groups excluding carboxylic acids is 1. The van der Waals surface area contributed by atoms with Crippen molar-refractivity contribution >= 4 is 11.7 Å². The van der Waals surface area contributed by atoms with E-state index in [4.69, 9.17) is 0 Å². The molecule has 0 fully saturated rings. The third-order valence-corrected chi connectivity index (χ3v) is 2.48. The summed E-state index contributed by atoms with van der Waals surface area (Å²) in [6.07, 6.45) is -3.23. The Morgan fingerprint density at radius 2 is 1.95 bits per heavy atom. The molecule has 5 nitrogen and oxygen atoms in total. The first-order valence-corrected chi connectivity index (χ1v) is 5.76. The van der Waals surface area contributed by atoms with Crippen molar-refractivity contribution in [2.24, 2.45) is 4.99 Å². The molecule has 0 saturated heterocycles. The maximum Gasteiger partial charge on any atom is 0.416 e. The molecule has 1 aromatic heterocycles. The summed E-state index contributed by atoms with van der Waals surface area (Å²) in [7, 11) is 0. The lowest BCUT2D eigenvalue weighted by Crippen LogP contribution is -2.21. The highest BCUT2D eigenvalue weighted by atomic mass is 19.4. The summed E-state index contributed by atoms with van der Waals surface area (Å²) < 4.78 is 38.2. The van der Waals surface area contributed by atoms with Crippen LogP contribution >= 0.6 is 0 Å². The van der Waals surface area contributed by atoms with Crippen LogP contribution in [0.2, 0.25) is 0 Å². The number of hydrogen-bond acceptors (Lipinski definition) is 2. The summed E-state index contributed by atoms with van der Waals surface area (Å²) in [5.41, 5.74) is -0.974. The van der Waals surface area contributed by atoms with Gasteiger partial charge in [-0.25, -0.2) is 4.79 Å². The molecule has 0 radical (unpaired) electrons. The molecule has 0 atom stereocenters. The van der Waals surface area contributed by atoms with E-state index in [0.717, 1.165) is 12.1 Å². The number of hydrogen-bond donors (Lipinski definition) is 2. The standard InChI is InChI=1S/C13H10F3N3O2/c14-13(15,16)9-4-3-5-10(8-9)17-12(20)18-11-6-1-2-7-19(11)21/h1-8,21H,(H,17,20). The van der Waals surface area contributed by atoms with Gasteiger partial charge in [-0.1, -0.05) is 12.1 Å². The molecule has 2 aromatic rings. The molecule has 21 heavy (non-hydrogen) atoms. The van der Waals surface area contributed by atoms with E-state index in [-0.39, 0.29) is 11.2 Å². The smallest absolute Gasteiger partial charge is 0.416 e. The number of aromatic nitrogens is 1.